The first-order chi connectivity index (χ1) is 5.04. The van der Waals surface area contributed by atoms with Crippen LogP contribution < -0.4 is 0 Å². The Morgan fingerprint density at radius 2 is 1.89 bits per heavy atom. The highest BCUT2D eigenvalue weighted by molar-refractivity contribution is 5.07. The van der Waals surface area contributed by atoms with Crippen LogP contribution in [-0.4, -0.2) is 0 Å². The van der Waals surface area contributed by atoms with E-state index in [1.54, 1.807) is 0 Å². The molecule has 1 aromatic carbocycles. The molecule has 0 aromatic heterocycles. The van der Waals surface area contributed by atoms with Crippen molar-refractivity contribution in [3.63, 3.8) is 0 Å². The molecule has 0 atom stereocenters. The van der Waals surface area contributed by atoms with Crippen molar-refractivity contribution in [3.8, 4) is 0 Å². The van der Waals surface area contributed by atoms with E-state index in [1.807, 2.05) is 0 Å². The average molecular weight is 134 g/mol. The van der Waals surface area contributed by atoms with Crippen molar-refractivity contribution < 1.29 is 15.9 Å². The molecule has 1 rings (SSSR count). The first-order valence-corrected chi connectivity index (χ1v) is 2.14. The molecule has 0 aliphatic heterocycles. The number of hydrogen-bond acceptors (Lipinski definition) is 0. The van der Waals surface area contributed by atoms with Gasteiger partial charge in [0.1, 0.15) is 5.82 Å². The highest BCUT2D eigenvalue weighted by Crippen LogP contribution is 2.05. The zero-order chi connectivity index (χ0) is 8.59. The first kappa shape index (κ1) is 3.93. The molecule has 48 valence electrons. The lowest BCUT2D eigenvalue weighted by molar-refractivity contribution is 0.495. The highest BCUT2D eigenvalue weighted by atomic mass is 19.2. The van der Waals surface area contributed by atoms with Gasteiger partial charge in [0.2, 0.25) is 0 Å². The quantitative estimate of drug-likeness (QED) is 0.476. The van der Waals surface area contributed by atoms with Gasteiger partial charge < -0.3 is 0 Å². The van der Waals surface area contributed by atoms with Gasteiger partial charge in [0, 0.05) is 6.04 Å². The minimum absolute atomic E-state index is 0.459. The smallest absolute Gasteiger partial charge is 0.161 e. The maximum absolute atomic E-state index is 12.3. The normalized spacial score (nSPS) is 12.8. The molecule has 9 heavy (non-hydrogen) atoms. The predicted octanol–water partition coefficient (Wildman–Crippen LogP) is 2.10. The molecule has 0 heterocycles. The molecule has 0 bridgehead atoms. The predicted molar refractivity (Wildman–Crippen MR) is 26.3 cm³/mol. The molecular formula is C6H3F3. The standard InChI is InChI=1S/C6H3F3/c7-4-1-2-5(8)6(9)3-4/h1-3H/i2D,3D. The van der Waals surface area contributed by atoms with Crippen molar-refractivity contribution in [2.75, 3.05) is 0 Å². The van der Waals surface area contributed by atoms with Crippen molar-refractivity contribution in [2.24, 2.45) is 0 Å². The summed E-state index contributed by atoms with van der Waals surface area (Å²) in [5, 5.41) is 0. The summed E-state index contributed by atoms with van der Waals surface area (Å²) >= 11 is 0. The van der Waals surface area contributed by atoms with Gasteiger partial charge in [-0.25, -0.2) is 13.2 Å². The largest absolute Gasteiger partial charge is 0.207 e. The van der Waals surface area contributed by atoms with Crippen LogP contribution in [0.15, 0.2) is 18.2 Å². The highest BCUT2D eigenvalue weighted by Gasteiger charge is 1.99. The van der Waals surface area contributed by atoms with Crippen LogP contribution in [0, 0.1) is 17.5 Å². The molecule has 0 saturated heterocycles. The lowest BCUT2D eigenvalue weighted by Crippen LogP contribution is -1.83. The molecule has 0 nitrogen and oxygen atoms in total. The molecule has 0 aliphatic rings. The fourth-order valence-electron chi connectivity index (χ4n) is 0.386. The first-order valence-electron chi connectivity index (χ1n) is 3.14. The Kier molecular flexibility index (Phi) is 0.912. The van der Waals surface area contributed by atoms with E-state index in [0.29, 0.717) is 6.07 Å². The van der Waals surface area contributed by atoms with Crippen molar-refractivity contribution in [3.05, 3.63) is 35.6 Å². The van der Waals surface area contributed by atoms with Crippen LogP contribution in [0.5, 0.6) is 0 Å². The number of benzene rings is 1. The second-order valence-corrected chi connectivity index (χ2v) is 1.39. The van der Waals surface area contributed by atoms with Gasteiger partial charge in [0.05, 0.1) is 2.74 Å². The molecule has 0 radical (unpaired) electrons. The molecular weight excluding hydrogens is 129 g/mol. The second kappa shape index (κ2) is 2.09. The van der Waals surface area contributed by atoms with Crippen LogP contribution in [0.3, 0.4) is 0 Å². The third-order valence-corrected chi connectivity index (χ3v) is 0.747. The minimum atomic E-state index is -1.62. The Bertz CT molecular complexity index is 272. The topological polar surface area (TPSA) is 0 Å². The molecule has 0 saturated carbocycles. The summed E-state index contributed by atoms with van der Waals surface area (Å²) < 4.78 is 50.2. The van der Waals surface area contributed by atoms with Gasteiger partial charge in [0.25, 0.3) is 0 Å². The van der Waals surface area contributed by atoms with Gasteiger partial charge in [-0.2, -0.15) is 0 Å². The zero-order valence-electron chi connectivity index (χ0n) is 6.21. The van der Waals surface area contributed by atoms with E-state index >= 15 is 0 Å². The average Bonchev–Trinajstić information content (AvgIpc) is 1.97. The third-order valence-electron chi connectivity index (χ3n) is 0.747. The number of halogens is 3. The SMILES string of the molecule is [2H]c1cc(F)c([2H])c(F)c1F. The van der Waals surface area contributed by atoms with Crippen LogP contribution in [0.4, 0.5) is 13.2 Å². The zero-order valence-corrected chi connectivity index (χ0v) is 4.21. The fraction of sp³-hybridized carbons (Fsp3) is 0. The van der Waals surface area contributed by atoms with Crippen LogP contribution in [0.1, 0.15) is 2.74 Å². The fourth-order valence-corrected chi connectivity index (χ4v) is 0.386. The third kappa shape index (κ3) is 1.22. The Hall–Kier alpha value is -0.990. The van der Waals surface area contributed by atoms with Gasteiger partial charge in [-0.15, -0.1) is 0 Å². The molecule has 3 heteroatoms. The maximum atomic E-state index is 12.3. The van der Waals surface area contributed by atoms with Crippen LogP contribution in [-0.2, 0) is 0 Å². The van der Waals surface area contributed by atoms with Crippen molar-refractivity contribution >= 4 is 0 Å². The van der Waals surface area contributed by atoms with Gasteiger partial charge in [-0.05, 0) is 12.1 Å². The van der Waals surface area contributed by atoms with Crippen molar-refractivity contribution in [1.29, 1.82) is 0 Å². The Balaban J connectivity index is 3.46. The van der Waals surface area contributed by atoms with E-state index in [4.69, 9.17) is 2.74 Å². The van der Waals surface area contributed by atoms with Gasteiger partial charge in [0.15, 0.2) is 11.6 Å². The number of hydrogen-bond donors (Lipinski definition) is 0. The molecule has 1 aromatic rings. The van der Waals surface area contributed by atoms with Gasteiger partial charge in [-0.3, -0.25) is 0 Å². The lowest BCUT2D eigenvalue weighted by atomic mass is 10.3. The summed E-state index contributed by atoms with van der Waals surface area (Å²) in [4.78, 5) is 0. The van der Waals surface area contributed by atoms with E-state index in [-0.39, 0.29) is 0 Å². The summed E-state index contributed by atoms with van der Waals surface area (Å²) in [6, 6.07) is -1.56. The minimum Gasteiger partial charge on any atom is -0.207 e. The van der Waals surface area contributed by atoms with Gasteiger partial charge >= 0.3 is 0 Å². The van der Waals surface area contributed by atoms with E-state index in [9.17, 15) is 13.2 Å². The molecule has 0 aliphatic carbocycles. The molecule has 0 spiro atoms. The molecule has 0 fully saturated rings. The Morgan fingerprint density at radius 1 is 1.22 bits per heavy atom. The van der Waals surface area contributed by atoms with E-state index in [2.05, 4.69) is 0 Å². The van der Waals surface area contributed by atoms with E-state index in [1.165, 1.54) is 0 Å². The van der Waals surface area contributed by atoms with E-state index in [0.717, 1.165) is 0 Å². The van der Waals surface area contributed by atoms with Crippen LogP contribution in [0.2, 0.25) is 0 Å². The monoisotopic (exact) mass is 134 g/mol. The van der Waals surface area contributed by atoms with Crippen LogP contribution >= 0.6 is 0 Å². The van der Waals surface area contributed by atoms with Crippen molar-refractivity contribution in [2.45, 2.75) is 0 Å². The molecule has 0 amide bonds. The second-order valence-electron chi connectivity index (χ2n) is 1.39. The van der Waals surface area contributed by atoms with Crippen LogP contribution in [0.25, 0.3) is 0 Å². The summed E-state index contributed by atoms with van der Waals surface area (Å²) in [7, 11) is 0. The number of rotatable bonds is 0. The summed E-state index contributed by atoms with van der Waals surface area (Å²) in [5.41, 5.74) is 0. The van der Waals surface area contributed by atoms with Crippen molar-refractivity contribution in [1.82, 2.24) is 0 Å². The maximum Gasteiger partial charge on any atom is 0.161 e. The van der Waals surface area contributed by atoms with Gasteiger partial charge in [-0.1, -0.05) is 0 Å². The Labute approximate surface area is 52.7 Å². The van der Waals surface area contributed by atoms with E-state index < -0.39 is 29.5 Å². The summed E-state index contributed by atoms with van der Waals surface area (Å²) in [6.45, 7) is 0. The lowest BCUT2D eigenvalue weighted by Gasteiger charge is -1.88. The Morgan fingerprint density at radius 3 is 2.56 bits per heavy atom. The molecule has 0 N–H and O–H groups in total. The summed E-state index contributed by atoms with van der Waals surface area (Å²) in [6.07, 6.45) is 0. The molecule has 0 unspecified atom stereocenters. The summed E-state index contributed by atoms with van der Waals surface area (Å²) in [5.74, 6) is -4.33.